The summed E-state index contributed by atoms with van der Waals surface area (Å²) in [6, 6.07) is 20.4. The quantitative estimate of drug-likeness (QED) is 0.333. The van der Waals surface area contributed by atoms with Crippen LogP contribution in [0.15, 0.2) is 70.6 Å². The van der Waals surface area contributed by atoms with Gasteiger partial charge in [-0.25, -0.2) is 4.99 Å². The number of rotatable bonds is 7. The number of carbonyl (C=O) groups excluding carboxylic acids is 1. The number of fused-ring (bicyclic) bond motifs is 1. The minimum Gasteiger partial charge on any atom is -0.493 e. The lowest BCUT2D eigenvalue weighted by molar-refractivity contribution is -0.123. The molecule has 0 bridgehead atoms. The molecule has 4 nitrogen and oxygen atoms in total. The molecular weight excluding hydrogens is 440 g/mol. The van der Waals surface area contributed by atoms with E-state index in [9.17, 15) is 4.79 Å². The Hall–Kier alpha value is -3.05. The van der Waals surface area contributed by atoms with E-state index in [1.807, 2.05) is 59.5 Å². The van der Waals surface area contributed by atoms with Crippen molar-refractivity contribution in [3.63, 3.8) is 0 Å². The molecule has 3 aromatic carbocycles. The van der Waals surface area contributed by atoms with Crippen LogP contribution >= 0.6 is 11.8 Å². The second kappa shape index (κ2) is 10.5. The number of benzene rings is 3. The maximum atomic E-state index is 13.5. The molecule has 1 aliphatic rings. The van der Waals surface area contributed by atoms with E-state index in [-0.39, 0.29) is 11.9 Å². The van der Waals surface area contributed by atoms with Gasteiger partial charge in [-0.05, 0) is 73.2 Å². The number of carbonyl (C=O) groups is 1. The summed E-state index contributed by atoms with van der Waals surface area (Å²) >= 11 is 1.45. The first-order chi connectivity index (χ1) is 16.4. The molecular formula is C29H32N2O2S. The van der Waals surface area contributed by atoms with E-state index >= 15 is 0 Å². The van der Waals surface area contributed by atoms with Crippen molar-refractivity contribution in [3.8, 4) is 5.75 Å². The summed E-state index contributed by atoms with van der Waals surface area (Å²) in [5.74, 6) is 1.33. The lowest BCUT2D eigenvalue weighted by Crippen LogP contribution is -2.36. The van der Waals surface area contributed by atoms with Crippen LogP contribution in [0.25, 0.3) is 16.8 Å². The van der Waals surface area contributed by atoms with Crippen LogP contribution in [0, 0.1) is 12.8 Å². The molecule has 0 N–H and O–H groups in total. The molecule has 3 aromatic rings. The zero-order valence-corrected chi connectivity index (χ0v) is 21.4. The minimum atomic E-state index is 0.00873. The van der Waals surface area contributed by atoms with Crippen molar-refractivity contribution >= 4 is 45.4 Å². The molecule has 0 radical (unpaired) electrons. The molecule has 1 aliphatic heterocycles. The van der Waals surface area contributed by atoms with Crippen molar-refractivity contribution in [2.45, 2.75) is 47.1 Å². The van der Waals surface area contributed by atoms with Crippen molar-refractivity contribution in [1.29, 1.82) is 0 Å². The maximum absolute atomic E-state index is 13.5. The lowest BCUT2D eigenvalue weighted by Gasteiger charge is -2.22. The van der Waals surface area contributed by atoms with Gasteiger partial charge >= 0.3 is 0 Å². The predicted molar refractivity (Wildman–Crippen MR) is 145 cm³/mol. The van der Waals surface area contributed by atoms with E-state index in [1.54, 1.807) is 0 Å². The molecule has 176 valence electrons. The molecule has 34 heavy (non-hydrogen) atoms. The van der Waals surface area contributed by atoms with Crippen molar-refractivity contribution < 1.29 is 9.53 Å². The smallest absolute Gasteiger partial charge is 0.267 e. The summed E-state index contributed by atoms with van der Waals surface area (Å²) in [5.41, 5.74) is 3.04. The topological polar surface area (TPSA) is 41.9 Å². The van der Waals surface area contributed by atoms with Gasteiger partial charge in [0.25, 0.3) is 5.91 Å². The Bertz CT molecular complexity index is 1240. The number of nitrogens with zero attached hydrogens (tertiary/aromatic N) is 2. The maximum Gasteiger partial charge on any atom is 0.267 e. The average molecular weight is 473 g/mol. The first-order valence-electron chi connectivity index (χ1n) is 11.9. The monoisotopic (exact) mass is 472 g/mol. The number of aryl methyl sites for hydroxylation is 1. The SMILES string of the molecule is CC[C@H](C)N1C(=O)/C(=C\c2ccc(OCC(C)C)c3ccccc23)SC1=Nc1ccc(C)cc1. The Morgan fingerprint density at radius 1 is 1.00 bits per heavy atom. The highest BCUT2D eigenvalue weighted by molar-refractivity contribution is 8.18. The third-order valence-electron chi connectivity index (χ3n) is 5.90. The Labute approximate surface area is 206 Å². The Morgan fingerprint density at radius 3 is 2.38 bits per heavy atom. The highest BCUT2D eigenvalue weighted by Crippen LogP contribution is 2.38. The van der Waals surface area contributed by atoms with Crippen LogP contribution in [0.3, 0.4) is 0 Å². The molecule has 0 unspecified atom stereocenters. The standard InChI is InChI=1S/C29H32N2O2S/c1-6-21(5)31-28(32)27(34-29(31)30-23-14-11-20(4)12-15-23)17-22-13-16-26(33-18-19(2)3)25-10-8-7-9-24(22)25/h7-17,19,21H,6,18H2,1-5H3/b27-17+,30-29?/t21-/m0/s1. The molecule has 0 saturated carbocycles. The Balaban J connectivity index is 1.73. The van der Waals surface area contributed by atoms with Gasteiger partial charge in [-0.3, -0.25) is 9.69 Å². The zero-order valence-electron chi connectivity index (χ0n) is 20.5. The van der Waals surface area contributed by atoms with Gasteiger partial charge < -0.3 is 4.74 Å². The molecule has 4 rings (SSSR count). The van der Waals surface area contributed by atoms with Crippen LogP contribution in [-0.2, 0) is 4.79 Å². The van der Waals surface area contributed by atoms with Gasteiger partial charge in [0.1, 0.15) is 5.75 Å². The van der Waals surface area contributed by atoms with E-state index in [2.05, 4.69) is 46.8 Å². The fourth-order valence-electron chi connectivity index (χ4n) is 3.81. The summed E-state index contributed by atoms with van der Waals surface area (Å²) in [4.78, 5) is 20.8. The Morgan fingerprint density at radius 2 is 1.71 bits per heavy atom. The van der Waals surface area contributed by atoms with Gasteiger partial charge in [-0.1, -0.05) is 68.8 Å². The van der Waals surface area contributed by atoms with Gasteiger partial charge in [0.05, 0.1) is 17.2 Å². The number of aliphatic imine (C=N–C) groups is 1. The fourth-order valence-corrected chi connectivity index (χ4v) is 4.89. The van der Waals surface area contributed by atoms with E-state index in [0.29, 0.717) is 17.4 Å². The average Bonchev–Trinajstić information content (AvgIpc) is 3.13. The van der Waals surface area contributed by atoms with Crippen LogP contribution in [0.5, 0.6) is 5.75 Å². The van der Waals surface area contributed by atoms with E-state index in [1.165, 1.54) is 17.3 Å². The first kappa shape index (κ1) is 24.1. The molecule has 5 heteroatoms. The van der Waals surface area contributed by atoms with E-state index in [0.717, 1.165) is 39.4 Å². The lowest BCUT2D eigenvalue weighted by atomic mass is 10.0. The van der Waals surface area contributed by atoms with Gasteiger partial charge in [0.2, 0.25) is 0 Å². The van der Waals surface area contributed by atoms with Crippen molar-refractivity contribution in [2.24, 2.45) is 10.9 Å². The first-order valence-corrected chi connectivity index (χ1v) is 12.7. The number of hydrogen-bond donors (Lipinski definition) is 0. The summed E-state index contributed by atoms with van der Waals surface area (Å²) < 4.78 is 6.06. The number of ether oxygens (including phenoxy) is 1. The van der Waals surface area contributed by atoms with Gasteiger partial charge in [0.15, 0.2) is 5.17 Å². The highest BCUT2D eigenvalue weighted by Gasteiger charge is 2.36. The third kappa shape index (κ3) is 5.20. The molecule has 1 heterocycles. The molecule has 1 fully saturated rings. The van der Waals surface area contributed by atoms with E-state index < -0.39 is 0 Å². The molecule has 0 spiro atoms. The summed E-state index contributed by atoms with van der Waals surface area (Å²) in [6.45, 7) is 11.2. The van der Waals surface area contributed by atoms with E-state index in [4.69, 9.17) is 9.73 Å². The van der Waals surface area contributed by atoms with Crippen LogP contribution in [0.2, 0.25) is 0 Å². The number of amidine groups is 1. The van der Waals surface area contributed by atoms with Crippen LogP contribution in [0.4, 0.5) is 5.69 Å². The van der Waals surface area contributed by atoms with Gasteiger partial charge in [-0.2, -0.15) is 0 Å². The highest BCUT2D eigenvalue weighted by atomic mass is 32.2. The third-order valence-corrected chi connectivity index (χ3v) is 6.89. The van der Waals surface area contributed by atoms with Gasteiger partial charge in [-0.15, -0.1) is 0 Å². The van der Waals surface area contributed by atoms with Crippen LogP contribution < -0.4 is 4.74 Å². The minimum absolute atomic E-state index is 0.00873. The zero-order chi connectivity index (χ0) is 24.2. The fraction of sp³-hybridized carbons (Fsp3) is 0.310. The number of thioether (sulfide) groups is 1. The second-order valence-electron chi connectivity index (χ2n) is 9.18. The van der Waals surface area contributed by atoms with Crippen LogP contribution in [-0.4, -0.2) is 28.6 Å². The molecule has 1 amide bonds. The van der Waals surface area contributed by atoms with Crippen molar-refractivity contribution in [1.82, 2.24) is 4.90 Å². The van der Waals surface area contributed by atoms with Crippen molar-refractivity contribution in [3.05, 3.63) is 76.7 Å². The number of hydrogen-bond acceptors (Lipinski definition) is 4. The second-order valence-corrected chi connectivity index (χ2v) is 10.2. The largest absolute Gasteiger partial charge is 0.493 e. The summed E-state index contributed by atoms with van der Waals surface area (Å²) in [5, 5.41) is 2.86. The summed E-state index contributed by atoms with van der Waals surface area (Å²) in [7, 11) is 0. The van der Waals surface area contributed by atoms with Crippen molar-refractivity contribution in [2.75, 3.05) is 6.61 Å². The predicted octanol–water partition coefficient (Wildman–Crippen LogP) is 7.59. The number of amides is 1. The molecule has 0 aliphatic carbocycles. The van der Waals surface area contributed by atoms with Gasteiger partial charge in [0, 0.05) is 11.4 Å². The summed E-state index contributed by atoms with van der Waals surface area (Å²) in [6.07, 6.45) is 2.85. The molecule has 1 atom stereocenters. The molecule has 0 aromatic heterocycles. The Kier molecular flexibility index (Phi) is 7.42. The molecule has 1 saturated heterocycles. The normalized spacial score (nSPS) is 17.4. The van der Waals surface area contributed by atoms with Crippen LogP contribution in [0.1, 0.15) is 45.2 Å².